The lowest BCUT2D eigenvalue weighted by molar-refractivity contribution is -0.159. The topological polar surface area (TPSA) is 46.5 Å². The van der Waals surface area contributed by atoms with Gasteiger partial charge in [0.15, 0.2) is 0 Å². The highest BCUT2D eigenvalue weighted by Crippen LogP contribution is 2.53. The molecule has 2 aliphatic heterocycles. The predicted molar refractivity (Wildman–Crippen MR) is 67.3 cm³/mol. The lowest BCUT2D eigenvalue weighted by atomic mass is 9.68. The van der Waals surface area contributed by atoms with Crippen molar-refractivity contribution in [1.29, 1.82) is 0 Å². The molecule has 3 rings (SSSR count). The van der Waals surface area contributed by atoms with Gasteiger partial charge in [-0.25, -0.2) is 0 Å². The van der Waals surface area contributed by atoms with E-state index in [0.29, 0.717) is 5.92 Å². The van der Waals surface area contributed by atoms with E-state index in [9.17, 15) is 9.90 Å². The molecule has 2 heterocycles. The first-order valence-electron chi connectivity index (χ1n) is 6.68. The smallest absolute Gasteiger partial charge is 0.320 e. The number of aliphatic carboxylic acids is 1. The molecule has 0 aromatic rings. The molecule has 0 radical (unpaired) electrons. The van der Waals surface area contributed by atoms with E-state index in [2.05, 4.69) is 0 Å². The number of carboxylic acids is 1. The average molecular weight is 256 g/mol. The Bertz CT molecular complexity index is 319. The number of carbonyl (C=O) groups is 1. The van der Waals surface area contributed by atoms with E-state index in [-0.39, 0.29) is 5.60 Å². The summed E-state index contributed by atoms with van der Waals surface area (Å²) in [5.41, 5.74) is 0.0640. The van der Waals surface area contributed by atoms with Crippen LogP contribution in [0, 0.1) is 5.92 Å². The zero-order chi connectivity index (χ0) is 11.9. The van der Waals surface area contributed by atoms with Crippen LogP contribution in [0.25, 0.3) is 0 Å². The molecular formula is C13H20O3S. The first-order valence-corrected chi connectivity index (χ1v) is 7.67. The lowest BCUT2D eigenvalue weighted by Crippen LogP contribution is -2.52. The number of ether oxygens (including phenoxy) is 1. The van der Waals surface area contributed by atoms with E-state index in [1.165, 1.54) is 6.42 Å². The van der Waals surface area contributed by atoms with Crippen molar-refractivity contribution in [3.8, 4) is 0 Å². The van der Waals surface area contributed by atoms with Gasteiger partial charge in [-0.1, -0.05) is 0 Å². The molecule has 0 aromatic carbocycles. The Labute approximate surface area is 106 Å². The Hall–Kier alpha value is -0.220. The van der Waals surface area contributed by atoms with Crippen LogP contribution in [0.2, 0.25) is 0 Å². The van der Waals surface area contributed by atoms with Crippen molar-refractivity contribution < 1.29 is 14.6 Å². The van der Waals surface area contributed by atoms with Gasteiger partial charge >= 0.3 is 5.97 Å². The summed E-state index contributed by atoms with van der Waals surface area (Å²) in [7, 11) is 0. The fourth-order valence-electron chi connectivity index (χ4n) is 3.67. The summed E-state index contributed by atoms with van der Waals surface area (Å²) in [5.74, 6) is 0.749. The molecule has 3 fully saturated rings. The van der Waals surface area contributed by atoms with Gasteiger partial charge in [0.05, 0.1) is 5.60 Å². The molecule has 3 aliphatic rings. The molecule has 96 valence electrons. The largest absolute Gasteiger partial charge is 0.480 e. The van der Waals surface area contributed by atoms with Gasteiger partial charge in [-0.2, -0.15) is 0 Å². The molecule has 2 unspecified atom stereocenters. The molecule has 0 bridgehead atoms. The second-order valence-electron chi connectivity index (χ2n) is 5.72. The fourth-order valence-corrected chi connectivity index (χ4v) is 5.17. The molecule has 1 spiro atoms. The van der Waals surface area contributed by atoms with E-state index < -0.39 is 10.7 Å². The van der Waals surface area contributed by atoms with Gasteiger partial charge < -0.3 is 9.84 Å². The first kappa shape index (κ1) is 11.8. The number of rotatable bonds is 2. The van der Waals surface area contributed by atoms with Crippen LogP contribution in [0.1, 0.15) is 44.9 Å². The Balaban J connectivity index is 1.79. The van der Waals surface area contributed by atoms with Crippen LogP contribution >= 0.6 is 11.8 Å². The van der Waals surface area contributed by atoms with E-state index in [1.54, 1.807) is 11.8 Å². The summed E-state index contributed by atoms with van der Waals surface area (Å²) < 4.78 is 5.42. The Morgan fingerprint density at radius 1 is 1.29 bits per heavy atom. The monoisotopic (exact) mass is 256 g/mol. The Kier molecular flexibility index (Phi) is 2.90. The van der Waals surface area contributed by atoms with E-state index in [0.717, 1.165) is 50.9 Å². The normalized spacial score (nSPS) is 40.1. The molecule has 0 amide bonds. The minimum Gasteiger partial charge on any atom is -0.480 e. The van der Waals surface area contributed by atoms with Crippen molar-refractivity contribution in [3.05, 3.63) is 0 Å². The number of hydrogen-bond acceptors (Lipinski definition) is 3. The Morgan fingerprint density at radius 3 is 2.65 bits per heavy atom. The third-order valence-electron chi connectivity index (χ3n) is 4.83. The highest BCUT2D eigenvalue weighted by Gasteiger charge is 2.54. The second kappa shape index (κ2) is 4.16. The van der Waals surface area contributed by atoms with Crippen LogP contribution in [0.15, 0.2) is 0 Å². The quantitative estimate of drug-likeness (QED) is 0.825. The van der Waals surface area contributed by atoms with Crippen LogP contribution < -0.4 is 0 Å². The molecular weight excluding hydrogens is 236 g/mol. The Morgan fingerprint density at radius 2 is 2.12 bits per heavy atom. The minimum atomic E-state index is -0.582. The van der Waals surface area contributed by atoms with Gasteiger partial charge in [0.1, 0.15) is 4.75 Å². The number of hydrogen-bond donors (Lipinski definition) is 1. The zero-order valence-electron chi connectivity index (χ0n) is 10.1. The number of carboxylic acid groups (broad SMARTS) is 1. The molecule has 0 aromatic heterocycles. The lowest BCUT2D eigenvalue weighted by Gasteiger charge is -2.50. The molecule has 1 N–H and O–H groups in total. The predicted octanol–water partition coefficient (Wildman–Crippen LogP) is 2.69. The fraction of sp³-hybridized carbons (Fsp3) is 0.923. The summed E-state index contributed by atoms with van der Waals surface area (Å²) in [6, 6.07) is 0. The van der Waals surface area contributed by atoms with Crippen LogP contribution in [0.3, 0.4) is 0 Å². The molecule has 2 atom stereocenters. The van der Waals surface area contributed by atoms with E-state index in [1.807, 2.05) is 0 Å². The van der Waals surface area contributed by atoms with Crippen LogP contribution in [0.5, 0.6) is 0 Å². The second-order valence-corrected chi connectivity index (χ2v) is 7.15. The number of thioether (sulfide) groups is 1. The van der Waals surface area contributed by atoms with Crippen LogP contribution in [-0.4, -0.2) is 33.8 Å². The van der Waals surface area contributed by atoms with Crippen molar-refractivity contribution >= 4 is 17.7 Å². The minimum absolute atomic E-state index is 0.0640. The maximum absolute atomic E-state index is 11.7. The molecule has 17 heavy (non-hydrogen) atoms. The molecule has 1 saturated carbocycles. The third-order valence-corrected chi connectivity index (χ3v) is 6.55. The third kappa shape index (κ3) is 1.80. The summed E-state index contributed by atoms with van der Waals surface area (Å²) in [4.78, 5) is 11.7. The summed E-state index contributed by atoms with van der Waals surface area (Å²) >= 11 is 1.68. The van der Waals surface area contributed by atoms with Crippen molar-refractivity contribution in [2.75, 3.05) is 12.4 Å². The van der Waals surface area contributed by atoms with Gasteiger partial charge in [0.2, 0.25) is 0 Å². The highest BCUT2D eigenvalue weighted by molar-refractivity contribution is 8.01. The SMILES string of the molecule is O=C(O)C1(C2CCOC3(CCC3)C2)CCCS1. The van der Waals surface area contributed by atoms with Crippen LogP contribution in [-0.2, 0) is 9.53 Å². The van der Waals surface area contributed by atoms with Gasteiger partial charge in [-0.05, 0) is 56.6 Å². The molecule has 2 saturated heterocycles. The van der Waals surface area contributed by atoms with Gasteiger partial charge in [0, 0.05) is 6.61 Å². The van der Waals surface area contributed by atoms with Crippen molar-refractivity contribution in [2.24, 2.45) is 5.92 Å². The van der Waals surface area contributed by atoms with Gasteiger partial charge in [-0.3, -0.25) is 4.79 Å². The van der Waals surface area contributed by atoms with Crippen molar-refractivity contribution in [3.63, 3.8) is 0 Å². The van der Waals surface area contributed by atoms with E-state index in [4.69, 9.17) is 4.74 Å². The average Bonchev–Trinajstić information content (AvgIpc) is 2.77. The standard InChI is InChI=1S/C13H20O3S/c14-11(15)13(6-2-8-17-13)10-3-7-16-12(9-10)4-1-5-12/h10H,1-9H2,(H,14,15). The van der Waals surface area contributed by atoms with E-state index >= 15 is 0 Å². The molecule has 3 nitrogen and oxygen atoms in total. The molecule has 1 aliphatic carbocycles. The highest BCUT2D eigenvalue weighted by atomic mass is 32.2. The van der Waals surface area contributed by atoms with Crippen molar-refractivity contribution in [1.82, 2.24) is 0 Å². The molecule has 4 heteroatoms. The summed E-state index contributed by atoms with van der Waals surface area (Å²) in [6.45, 7) is 0.764. The first-order chi connectivity index (χ1) is 8.17. The van der Waals surface area contributed by atoms with Gasteiger partial charge in [-0.15, -0.1) is 11.8 Å². The zero-order valence-corrected chi connectivity index (χ0v) is 10.9. The summed E-state index contributed by atoms with van der Waals surface area (Å²) in [6.07, 6.45) is 7.36. The van der Waals surface area contributed by atoms with Crippen LogP contribution in [0.4, 0.5) is 0 Å². The summed E-state index contributed by atoms with van der Waals surface area (Å²) in [5, 5.41) is 9.62. The maximum atomic E-state index is 11.7. The van der Waals surface area contributed by atoms with Crippen molar-refractivity contribution in [2.45, 2.75) is 55.3 Å². The van der Waals surface area contributed by atoms with Gasteiger partial charge in [0.25, 0.3) is 0 Å². The maximum Gasteiger partial charge on any atom is 0.320 e.